The zero-order valence-corrected chi connectivity index (χ0v) is 10.9. The van der Waals surface area contributed by atoms with Crippen molar-refractivity contribution >= 4 is 17.8 Å². The van der Waals surface area contributed by atoms with Gasteiger partial charge in [0.05, 0.1) is 0 Å². The van der Waals surface area contributed by atoms with Crippen LogP contribution in [-0.2, 0) is 20.9 Å². The molecule has 10 nitrogen and oxygen atoms in total. The summed E-state index contributed by atoms with van der Waals surface area (Å²) in [5, 5.41) is 13.2. The van der Waals surface area contributed by atoms with Gasteiger partial charge in [-0.2, -0.15) is 0 Å². The molecule has 0 aromatic carbocycles. The summed E-state index contributed by atoms with van der Waals surface area (Å²) in [5.74, 6) is -2.83. The number of carbonyl (C=O) groups is 3. The molecule has 1 aromatic heterocycles. The predicted octanol–water partition coefficient (Wildman–Crippen LogP) is -2.63. The lowest BCUT2D eigenvalue weighted by Gasteiger charge is -2.14. The second-order valence-corrected chi connectivity index (χ2v) is 4.20. The Morgan fingerprint density at radius 3 is 2.57 bits per heavy atom. The summed E-state index contributed by atoms with van der Waals surface area (Å²) < 4.78 is 0.741. The van der Waals surface area contributed by atoms with Crippen LogP contribution in [0.4, 0.5) is 0 Å². The molecule has 1 atom stereocenters. The van der Waals surface area contributed by atoms with Gasteiger partial charge in [-0.15, -0.1) is 0 Å². The van der Waals surface area contributed by atoms with Gasteiger partial charge in [-0.1, -0.05) is 0 Å². The van der Waals surface area contributed by atoms with E-state index in [9.17, 15) is 24.0 Å². The van der Waals surface area contributed by atoms with Crippen LogP contribution < -0.4 is 22.2 Å². The Balaban J connectivity index is 2.72. The van der Waals surface area contributed by atoms with E-state index in [2.05, 4.69) is 10.4 Å². The molecule has 1 unspecified atom stereocenters. The van der Waals surface area contributed by atoms with Crippen molar-refractivity contribution < 1.29 is 19.5 Å². The normalized spacial score (nSPS) is 11.6. The molecule has 1 rings (SSSR count). The number of rotatable bonds is 7. The zero-order chi connectivity index (χ0) is 16.0. The third-order valence-electron chi connectivity index (χ3n) is 2.50. The van der Waals surface area contributed by atoms with Gasteiger partial charge >= 0.3 is 5.97 Å². The minimum atomic E-state index is -1.33. The molecule has 0 aliphatic carbocycles. The Morgan fingerprint density at radius 1 is 1.33 bits per heavy atom. The van der Waals surface area contributed by atoms with Crippen LogP contribution in [0.15, 0.2) is 21.7 Å². The molecule has 0 bridgehead atoms. The van der Waals surface area contributed by atoms with Crippen LogP contribution in [0.1, 0.15) is 12.8 Å². The molecule has 0 radical (unpaired) electrons. The Kier molecular flexibility index (Phi) is 5.40. The van der Waals surface area contributed by atoms with Crippen molar-refractivity contribution in [2.24, 2.45) is 5.73 Å². The van der Waals surface area contributed by atoms with E-state index < -0.39 is 41.5 Å². The fourth-order valence-electron chi connectivity index (χ4n) is 1.51. The van der Waals surface area contributed by atoms with Crippen molar-refractivity contribution in [2.45, 2.75) is 25.4 Å². The van der Waals surface area contributed by atoms with Crippen LogP contribution in [0.25, 0.3) is 0 Å². The number of aromatic amines is 1. The number of H-pyrrole nitrogens is 1. The van der Waals surface area contributed by atoms with Gasteiger partial charge in [0.15, 0.2) is 0 Å². The van der Waals surface area contributed by atoms with Crippen LogP contribution in [0.5, 0.6) is 0 Å². The van der Waals surface area contributed by atoms with Gasteiger partial charge in [-0.05, 0) is 6.42 Å². The van der Waals surface area contributed by atoms with Crippen molar-refractivity contribution in [2.75, 3.05) is 0 Å². The van der Waals surface area contributed by atoms with Crippen molar-refractivity contribution in [3.63, 3.8) is 0 Å². The maximum Gasteiger partial charge on any atom is 0.326 e. The summed E-state index contributed by atoms with van der Waals surface area (Å²) >= 11 is 0. The van der Waals surface area contributed by atoms with E-state index in [0.717, 1.165) is 16.8 Å². The largest absolute Gasteiger partial charge is 0.480 e. The highest BCUT2D eigenvalue weighted by Gasteiger charge is 2.20. The predicted molar refractivity (Wildman–Crippen MR) is 69.3 cm³/mol. The quantitative estimate of drug-likeness (QED) is 0.430. The lowest BCUT2D eigenvalue weighted by atomic mass is 10.1. The number of aliphatic carboxylic acids is 1. The third-order valence-corrected chi connectivity index (χ3v) is 2.50. The molecule has 2 amide bonds. The first kappa shape index (κ1) is 16.1. The molecule has 1 heterocycles. The number of aromatic nitrogens is 2. The molecule has 0 fully saturated rings. The molecular formula is C11H14N4O6. The van der Waals surface area contributed by atoms with Crippen LogP contribution >= 0.6 is 0 Å². The molecule has 10 heteroatoms. The van der Waals surface area contributed by atoms with E-state index in [0.29, 0.717) is 0 Å². The zero-order valence-electron chi connectivity index (χ0n) is 10.9. The first-order chi connectivity index (χ1) is 9.79. The van der Waals surface area contributed by atoms with Gasteiger partial charge < -0.3 is 16.2 Å². The van der Waals surface area contributed by atoms with E-state index in [1.807, 2.05) is 0 Å². The molecule has 114 valence electrons. The molecule has 1 aromatic rings. The van der Waals surface area contributed by atoms with Crippen LogP contribution in [0.2, 0.25) is 0 Å². The molecular weight excluding hydrogens is 284 g/mol. The van der Waals surface area contributed by atoms with E-state index >= 15 is 0 Å². The second-order valence-electron chi connectivity index (χ2n) is 4.20. The number of carboxylic acids is 1. The van der Waals surface area contributed by atoms with Gasteiger partial charge in [-0.25, -0.2) is 9.48 Å². The number of carboxylic acid groups (broad SMARTS) is 1. The average Bonchev–Trinajstić information content (AvgIpc) is 2.38. The van der Waals surface area contributed by atoms with Crippen molar-refractivity contribution in [3.05, 3.63) is 32.8 Å². The summed E-state index contributed by atoms with van der Waals surface area (Å²) in [6, 6.07) is 0.675. The van der Waals surface area contributed by atoms with Gasteiger partial charge in [0.1, 0.15) is 12.6 Å². The Labute approximate surface area is 117 Å². The monoisotopic (exact) mass is 298 g/mol. The van der Waals surface area contributed by atoms with Crippen molar-refractivity contribution in [3.8, 4) is 0 Å². The lowest BCUT2D eigenvalue weighted by Crippen LogP contribution is -2.44. The molecule has 0 spiro atoms. The number of nitrogens with one attached hydrogen (secondary N) is 2. The Bertz CT molecular complexity index is 661. The molecule has 5 N–H and O–H groups in total. The molecule has 0 saturated heterocycles. The average molecular weight is 298 g/mol. The van der Waals surface area contributed by atoms with E-state index in [1.54, 1.807) is 0 Å². The number of nitrogens with two attached hydrogens (primary N) is 1. The third kappa shape index (κ3) is 5.30. The fourth-order valence-corrected chi connectivity index (χ4v) is 1.51. The van der Waals surface area contributed by atoms with Gasteiger partial charge in [0.2, 0.25) is 11.8 Å². The fraction of sp³-hybridized carbons (Fsp3) is 0.364. The van der Waals surface area contributed by atoms with Crippen molar-refractivity contribution in [1.82, 2.24) is 15.1 Å². The minimum Gasteiger partial charge on any atom is -0.480 e. The number of carbonyl (C=O) groups excluding carboxylic acids is 2. The number of amides is 2. The first-order valence-electron chi connectivity index (χ1n) is 5.90. The maximum atomic E-state index is 11.7. The summed E-state index contributed by atoms with van der Waals surface area (Å²) in [4.78, 5) is 55.6. The standard InChI is InChI=1S/C11H14N4O6/c12-7(16)2-1-6(11(20)21)13-9(18)5-15-10(19)4-3-8(17)14-15/h3-4,6H,1-2,5H2,(H2,12,16)(H,13,18)(H,14,17)(H,20,21). The van der Waals surface area contributed by atoms with Crippen LogP contribution in [-0.4, -0.2) is 38.7 Å². The van der Waals surface area contributed by atoms with E-state index in [-0.39, 0.29) is 12.8 Å². The maximum absolute atomic E-state index is 11.7. The minimum absolute atomic E-state index is 0.170. The highest BCUT2D eigenvalue weighted by atomic mass is 16.4. The summed E-state index contributed by atoms with van der Waals surface area (Å²) in [6.45, 7) is -0.546. The SMILES string of the molecule is NC(=O)CCC(NC(=O)Cn1[nH]c(=O)ccc1=O)C(=O)O. The van der Waals surface area contributed by atoms with Crippen LogP contribution in [0.3, 0.4) is 0 Å². The van der Waals surface area contributed by atoms with Gasteiger partial charge in [0.25, 0.3) is 11.1 Å². The van der Waals surface area contributed by atoms with Crippen LogP contribution in [0, 0.1) is 0 Å². The first-order valence-corrected chi connectivity index (χ1v) is 5.90. The Hall–Kier alpha value is -2.91. The number of nitrogens with zero attached hydrogens (tertiary/aromatic N) is 1. The highest BCUT2D eigenvalue weighted by molar-refractivity contribution is 5.84. The second kappa shape index (κ2) is 7.03. The number of primary amides is 1. The molecule has 0 saturated carbocycles. The summed E-state index contributed by atoms with van der Waals surface area (Å²) in [7, 11) is 0. The van der Waals surface area contributed by atoms with E-state index in [1.165, 1.54) is 0 Å². The smallest absolute Gasteiger partial charge is 0.326 e. The summed E-state index contributed by atoms with van der Waals surface area (Å²) in [6.07, 6.45) is -0.379. The number of hydrogen-bond acceptors (Lipinski definition) is 5. The summed E-state index contributed by atoms with van der Waals surface area (Å²) in [5.41, 5.74) is 3.71. The molecule has 0 aliphatic heterocycles. The molecule has 0 aliphatic rings. The van der Waals surface area contributed by atoms with Gasteiger partial charge in [0, 0.05) is 18.6 Å². The Morgan fingerprint density at radius 2 is 2.00 bits per heavy atom. The van der Waals surface area contributed by atoms with Crippen molar-refractivity contribution in [1.29, 1.82) is 0 Å². The van der Waals surface area contributed by atoms with E-state index in [4.69, 9.17) is 10.8 Å². The number of hydrogen-bond donors (Lipinski definition) is 4. The van der Waals surface area contributed by atoms with Gasteiger partial charge in [-0.3, -0.25) is 24.3 Å². The molecule has 21 heavy (non-hydrogen) atoms. The topological polar surface area (TPSA) is 164 Å². The highest BCUT2D eigenvalue weighted by Crippen LogP contribution is 1.97. The lowest BCUT2D eigenvalue weighted by molar-refractivity contribution is -0.142.